The molecule has 1 saturated heterocycles. The van der Waals surface area contributed by atoms with E-state index in [9.17, 15) is 0 Å². The van der Waals surface area contributed by atoms with Crippen molar-refractivity contribution in [2.45, 2.75) is 38.4 Å². The van der Waals surface area contributed by atoms with Crippen molar-refractivity contribution in [3.05, 3.63) is 0 Å². The van der Waals surface area contributed by atoms with E-state index in [1.807, 2.05) is 0 Å². The minimum Gasteiger partial charge on any atom is -0.315 e. The van der Waals surface area contributed by atoms with Crippen molar-refractivity contribution < 1.29 is 0 Å². The van der Waals surface area contributed by atoms with E-state index in [1.54, 1.807) is 0 Å². The number of rotatable bonds is 7. The molecular formula is C13H28N2S. The van der Waals surface area contributed by atoms with Crippen LogP contribution in [0.5, 0.6) is 0 Å². The summed E-state index contributed by atoms with van der Waals surface area (Å²) >= 11 is 2.17. The summed E-state index contributed by atoms with van der Waals surface area (Å²) in [7, 11) is 2.26. The lowest BCUT2D eigenvalue weighted by Crippen LogP contribution is -2.35. The molecule has 0 saturated carbocycles. The zero-order chi connectivity index (χ0) is 11.8. The lowest BCUT2D eigenvalue weighted by atomic mass is 10.2. The molecule has 2 nitrogen and oxygen atoms in total. The maximum atomic E-state index is 3.50. The van der Waals surface area contributed by atoms with Gasteiger partial charge in [-0.2, -0.15) is 11.8 Å². The molecule has 1 aliphatic heterocycles. The van der Waals surface area contributed by atoms with E-state index in [0.717, 1.165) is 24.3 Å². The second-order valence-electron chi connectivity index (χ2n) is 5.35. The molecule has 96 valence electrons. The molecule has 0 spiro atoms. The lowest BCUT2D eigenvalue weighted by molar-refractivity contribution is 0.322. The molecule has 1 aliphatic rings. The molecule has 0 aromatic carbocycles. The Kier molecular flexibility index (Phi) is 7.50. The molecule has 0 amide bonds. The van der Waals surface area contributed by atoms with Gasteiger partial charge < -0.3 is 10.2 Å². The van der Waals surface area contributed by atoms with Crippen molar-refractivity contribution in [3.63, 3.8) is 0 Å². The Morgan fingerprint density at radius 2 is 2.19 bits per heavy atom. The standard InChI is InChI=1S/C13H28N2S/c1-12(2)10-14-7-8-15(3)11-13-6-4-5-9-16-13/h12-14H,4-11H2,1-3H3. The van der Waals surface area contributed by atoms with Gasteiger partial charge in [-0.3, -0.25) is 0 Å². The third-order valence-corrected chi connectivity index (χ3v) is 4.39. The molecule has 1 rings (SSSR count). The molecule has 3 heteroatoms. The number of thioether (sulfide) groups is 1. The molecule has 1 unspecified atom stereocenters. The largest absolute Gasteiger partial charge is 0.315 e. The van der Waals surface area contributed by atoms with Crippen LogP contribution in [0.4, 0.5) is 0 Å². The summed E-state index contributed by atoms with van der Waals surface area (Å²) in [4.78, 5) is 2.48. The van der Waals surface area contributed by atoms with Crippen LogP contribution in [0.1, 0.15) is 33.1 Å². The maximum absolute atomic E-state index is 3.50. The Morgan fingerprint density at radius 1 is 1.38 bits per heavy atom. The first-order valence-electron chi connectivity index (χ1n) is 6.69. The van der Waals surface area contributed by atoms with E-state index in [-0.39, 0.29) is 0 Å². The Morgan fingerprint density at radius 3 is 2.81 bits per heavy atom. The van der Waals surface area contributed by atoms with Crippen molar-refractivity contribution in [2.24, 2.45) is 5.92 Å². The van der Waals surface area contributed by atoms with Gasteiger partial charge in [0.1, 0.15) is 0 Å². The zero-order valence-electron chi connectivity index (χ0n) is 11.2. The third kappa shape index (κ3) is 6.77. The fourth-order valence-corrected chi connectivity index (χ4v) is 3.45. The van der Waals surface area contributed by atoms with Crippen molar-refractivity contribution in [3.8, 4) is 0 Å². The van der Waals surface area contributed by atoms with Gasteiger partial charge in [0.25, 0.3) is 0 Å². The van der Waals surface area contributed by atoms with Crippen LogP contribution in [0.15, 0.2) is 0 Å². The van der Waals surface area contributed by atoms with Crippen molar-refractivity contribution in [1.29, 1.82) is 0 Å². The average molecular weight is 244 g/mol. The molecule has 0 radical (unpaired) electrons. The highest BCUT2D eigenvalue weighted by Gasteiger charge is 2.15. The SMILES string of the molecule is CC(C)CNCCN(C)CC1CCCCS1. The highest BCUT2D eigenvalue weighted by molar-refractivity contribution is 7.99. The molecule has 0 aromatic heterocycles. The lowest BCUT2D eigenvalue weighted by Gasteiger charge is -2.26. The van der Waals surface area contributed by atoms with Crippen LogP contribution >= 0.6 is 11.8 Å². The van der Waals surface area contributed by atoms with E-state index in [0.29, 0.717) is 0 Å². The highest BCUT2D eigenvalue weighted by atomic mass is 32.2. The fraction of sp³-hybridized carbons (Fsp3) is 1.00. The average Bonchev–Trinajstić information content (AvgIpc) is 2.25. The predicted molar refractivity (Wildman–Crippen MR) is 75.3 cm³/mol. The zero-order valence-corrected chi connectivity index (χ0v) is 12.0. The van der Waals surface area contributed by atoms with E-state index >= 15 is 0 Å². The third-order valence-electron chi connectivity index (χ3n) is 3.01. The Bertz CT molecular complexity index is 167. The molecular weight excluding hydrogens is 216 g/mol. The van der Waals surface area contributed by atoms with Crippen molar-refractivity contribution in [2.75, 3.05) is 39.0 Å². The first kappa shape index (κ1) is 14.3. The van der Waals surface area contributed by atoms with Crippen LogP contribution in [0, 0.1) is 5.92 Å². The van der Waals surface area contributed by atoms with Gasteiger partial charge in [0.2, 0.25) is 0 Å². The van der Waals surface area contributed by atoms with Gasteiger partial charge in [-0.1, -0.05) is 20.3 Å². The van der Waals surface area contributed by atoms with Gasteiger partial charge in [0, 0.05) is 24.9 Å². The normalized spacial score (nSPS) is 21.9. The summed E-state index contributed by atoms with van der Waals surface area (Å²) in [5.74, 6) is 2.14. The Labute approximate surface area is 106 Å². The van der Waals surface area contributed by atoms with Gasteiger partial charge in [0.15, 0.2) is 0 Å². The monoisotopic (exact) mass is 244 g/mol. The number of hydrogen-bond donors (Lipinski definition) is 1. The topological polar surface area (TPSA) is 15.3 Å². The van der Waals surface area contributed by atoms with Gasteiger partial charge in [-0.05, 0) is 38.1 Å². The number of nitrogens with zero attached hydrogens (tertiary/aromatic N) is 1. The van der Waals surface area contributed by atoms with E-state index in [4.69, 9.17) is 0 Å². The van der Waals surface area contributed by atoms with E-state index < -0.39 is 0 Å². The molecule has 0 bridgehead atoms. The van der Waals surface area contributed by atoms with Gasteiger partial charge in [-0.15, -0.1) is 0 Å². The molecule has 0 aliphatic carbocycles. The van der Waals surface area contributed by atoms with Gasteiger partial charge in [-0.25, -0.2) is 0 Å². The Balaban J connectivity index is 1.99. The van der Waals surface area contributed by atoms with Crippen LogP contribution in [0.3, 0.4) is 0 Å². The maximum Gasteiger partial charge on any atom is 0.0174 e. The van der Waals surface area contributed by atoms with E-state index in [2.05, 4.69) is 42.9 Å². The summed E-state index contributed by atoms with van der Waals surface area (Å²) in [5.41, 5.74) is 0. The van der Waals surface area contributed by atoms with Crippen LogP contribution < -0.4 is 5.32 Å². The highest BCUT2D eigenvalue weighted by Crippen LogP contribution is 2.25. The molecule has 1 atom stereocenters. The smallest absolute Gasteiger partial charge is 0.0174 e. The van der Waals surface area contributed by atoms with Crippen LogP contribution in [0.25, 0.3) is 0 Å². The van der Waals surface area contributed by atoms with Gasteiger partial charge >= 0.3 is 0 Å². The summed E-state index contributed by atoms with van der Waals surface area (Å²) in [6.07, 6.45) is 4.30. The summed E-state index contributed by atoms with van der Waals surface area (Å²) < 4.78 is 0. The summed E-state index contributed by atoms with van der Waals surface area (Å²) in [6, 6.07) is 0. The first-order valence-corrected chi connectivity index (χ1v) is 7.74. The van der Waals surface area contributed by atoms with E-state index in [1.165, 1.54) is 38.1 Å². The Hall–Kier alpha value is 0.270. The quantitative estimate of drug-likeness (QED) is 0.693. The molecule has 16 heavy (non-hydrogen) atoms. The molecule has 1 heterocycles. The van der Waals surface area contributed by atoms with Crippen molar-refractivity contribution in [1.82, 2.24) is 10.2 Å². The number of hydrogen-bond acceptors (Lipinski definition) is 3. The summed E-state index contributed by atoms with van der Waals surface area (Å²) in [6.45, 7) is 9.25. The number of nitrogens with one attached hydrogen (secondary N) is 1. The second-order valence-corrected chi connectivity index (χ2v) is 6.76. The first-order chi connectivity index (χ1) is 7.68. The molecule has 1 N–H and O–H groups in total. The molecule has 0 aromatic rings. The molecule has 1 fully saturated rings. The van der Waals surface area contributed by atoms with Crippen LogP contribution in [-0.4, -0.2) is 49.1 Å². The predicted octanol–water partition coefficient (Wildman–Crippen LogP) is 2.45. The van der Waals surface area contributed by atoms with Crippen molar-refractivity contribution >= 4 is 11.8 Å². The van der Waals surface area contributed by atoms with Crippen LogP contribution in [-0.2, 0) is 0 Å². The minimum absolute atomic E-state index is 0.763. The second kappa shape index (κ2) is 8.37. The van der Waals surface area contributed by atoms with Gasteiger partial charge in [0.05, 0.1) is 0 Å². The van der Waals surface area contributed by atoms with Crippen LogP contribution in [0.2, 0.25) is 0 Å². The summed E-state index contributed by atoms with van der Waals surface area (Å²) in [5, 5.41) is 4.40. The minimum atomic E-state index is 0.763. The number of likely N-dealkylation sites (N-methyl/N-ethyl adjacent to an activating group) is 1. The fourth-order valence-electron chi connectivity index (χ4n) is 2.05.